The maximum atomic E-state index is 11.3. The monoisotopic (exact) mass is 263 g/mol. The van der Waals surface area contributed by atoms with Gasteiger partial charge in [-0.25, -0.2) is 9.97 Å². The third-order valence-electron chi connectivity index (χ3n) is 2.20. The summed E-state index contributed by atoms with van der Waals surface area (Å²) in [6.07, 6.45) is 0. The van der Waals surface area contributed by atoms with Gasteiger partial charge in [0, 0.05) is 0 Å². The lowest BCUT2D eigenvalue weighted by Gasteiger charge is -2.05. The van der Waals surface area contributed by atoms with E-state index in [2.05, 4.69) is 9.97 Å². The Labute approximate surface area is 109 Å². The molecule has 0 fully saturated rings. The number of benzene rings is 1. The second kappa shape index (κ2) is 5.68. The Bertz CT molecular complexity index is 574. The van der Waals surface area contributed by atoms with E-state index in [1.165, 1.54) is 11.8 Å². The Morgan fingerprint density at radius 3 is 2.67 bits per heavy atom. The number of aromatic nitrogens is 2. The standard InChI is InChI=1S/C12H13N3O2S/c1-2-17-10(16)7-18-12-11(13)14-8-5-3-4-6-9(8)15-12/h3-6H,2,7H2,1H3,(H2,13,14). The molecule has 94 valence electrons. The molecule has 0 saturated carbocycles. The van der Waals surface area contributed by atoms with Crippen LogP contribution in [0.25, 0.3) is 11.0 Å². The quantitative estimate of drug-likeness (QED) is 0.670. The molecule has 1 aromatic carbocycles. The first-order chi connectivity index (χ1) is 8.70. The first kappa shape index (κ1) is 12.6. The van der Waals surface area contributed by atoms with E-state index in [1.807, 2.05) is 24.3 Å². The van der Waals surface area contributed by atoms with Crippen LogP contribution in [-0.2, 0) is 9.53 Å². The molecule has 0 aliphatic rings. The zero-order valence-corrected chi connectivity index (χ0v) is 10.7. The highest BCUT2D eigenvalue weighted by atomic mass is 32.2. The fourth-order valence-electron chi connectivity index (χ4n) is 1.43. The Kier molecular flexibility index (Phi) is 3.99. The molecule has 18 heavy (non-hydrogen) atoms. The van der Waals surface area contributed by atoms with Crippen molar-refractivity contribution in [2.75, 3.05) is 18.1 Å². The molecule has 0 atom stereocenters. The summed E-state index contributed by atoms with van der Waals surface area (Å²) in [5.41, 5.74) is 7.31. The van der Waals surface area contributed by atoms with Crippen molar-refractivity contribution < 1.29 is 9.53 Å². The number of para-hydroxylation sites is 2. The molecule has 0 aliphatic heterocycles. The molecule has 2 N–H and O–H groups in total. The van der Waals surface area contributed by atoms with Gasteiger partial charge in [-0.1, -0.05) is 23.9 Å². The van der Waals surface area contributed by atoms with Gasteiger partial charge in [-0.2, -0.15) is 0 Å². The zero-order valence-electron chi connectivity index (χ0n) is 9.92. The third kappa shape index (κ3) is 2.89. The molecule has 1 heterocycles. The van der Waals surface area contributed by atoms with E-state index >= 15 is 0 Å². The van der Waals surface area contributed by atoms with E-state index in [4.69, 9.17) is 10.5 Å². The Morgan fingerprint density at radius 1 is 1.33 bits per heavy atom. The van der Waals surface area contributed by atoms with E-state index in [1.54, 1.807) is 6.92 Å². The summed E-state index contributed by atoms with van der Waals surface area (Å²) < 4.78 is 4.84. The lowest BCUT2D eigenvalue weighted by molar-refractivity contribution is -0.139. The number of fused-ring (bicyclic) bond motifs is 1. The SMILES string of the molecule is CCOC(=O)CSc1nc2ccccc2nc1N. The number of carbonyl (C=O) groups excluding carboxylic acids is 1. The lowest BCUT2D eigenvalue weighted by atomic mass is 10.3. The summed E-state index contributed by atoms with van der Waals surface area (Å²) >= 11 is 1.24. The van der Waals surface area contributed by atoms with Crippen molar-refractivity contribution in [1.29, 1.82) is 0 Å². The largest absolute Gasteiger partial charge is 0.465 e. The second-order valence-electron chi connectivity index (χ2n) is 3.50. The van der Waals surface area contributed by atoms with Crippen LogP contribution in [0.5, 0.6) is 0 Å². The highest BCUT2D eigenvalue weighted by Gasteiger charge is 2.09. The summed E-state index contributed by atoms with van der Waals surface area (Å²) in [4.78, 5) is 19.9. The Morgan fingerprint density at radius 2 is 2.00 bits per heavy atom. The van der Waals surface area contributed by atoms with Gasteiger partial charge in [0.1, 0.15) is 5.03 Å². The van der Waals surface area contributed by atoms with Gasteiger partial charge in [0.2, 0.25) is 0 Å². The van der Waals surface area contributed by atoms with Crippen molar-refractivity contribution in [2.45, 2.75) is 11.9 Å². The topological polar surface area (TPSA) is 78.1 Å². The van der Waals surface area contributed by atoms with Gasteiger partial charge in [-0.3, -0.25) is 4.79 Å². The van der Waals surface area contributed by atoms with Crippen molar-refractivity contribution in [3.63, 3.8) is 0 Å². The molecule has 0 unspecified atom stereocenters. The predicted octanol–water partition coefficient (Wildman–Crippen LogP) is 1.87. The molecule has 0 spiro atoms. The third-order valence-corrected chi connectivity index (χ3v) is 3.15. The summed E-state index contributed by atoms with van der Waals surface area (Å²) in [7, 11) is 0. The highest BCUT2D eigenvalue weighted by Crippen LogP contribution is 2.23. The summed E-state index contributed by atoms with van der Waals surface area (Å²) in [6.45, 7) is 2.14. The van der Waals surface area contributed by atoms with Crippen LogP contribution in [0.15, 0.2) is 29.3 Å². The van der Waals surface area contributed by atoms with Gasteiger partial charge in [0.05, 0.1) is 23.4 Å². The number of carbonyl (C=O) groups is 1. The van der Waals surface area contributed by atoms with Crippen LogP contribution in [0.1, 0.15) is 6.92 Å². The number of nitrogen functional groups attached to an aromatic ring is 1. The number of hydrogen-bond donors (Lipinski definition) is 1. The molecular formula is C12H13N3O2S. The number of anilines is 1. The van der Waals surface area contributed by atoms with E-state index in [9.17, 15) is 4.79 Å². The van der Waals surface area contributed by atoms with Crippen LogP contribution in [0.3, 0.4) is 0 Å². The fraction of sp³-hybridized carbons (Fsp3) is 0.250. The maximum Gasteiger partial charge on any atom is 0.316 e. The maximum absolute atomic E-state index is 11.3. The van der Waals surface area contributed by atoms with Gasteiger partial charge in [0.25, 0.3) is 0 Å². The normalized spacial score (nSPS) is 10.5. The van der Waals surface area contributed by atoms with Crippen molar-refractivity contribution >= 4 is 34.6 Å². The van der Waals surface area contributed by atoms with Crippen LogP contribution in [0.2, 0.25) is 0 Å². The van der Waals surface area contributed by atoms with Crippen LogP contribution >= 0.6 is 11.8 Å². The van der Waals surface area contributed by atoms with Crippen molar-refractivity contribution in [3.8, 4) is 0 Å². The molecule has 2 aromatic rings. The van der Waals surface area contributed by atoms with Crippen LogP contribution in [0.4, 0.5) is 5.82 Å². The Balaban J connectivity index is 2.17. The number of hydrogen-bond acceptors (Lipinski definition) is 6. The average molecular weight is 263 g/mol. The first-order valence-electron chi connectivity index (χ1n) is 5.51. The van der Waals surface area contributed by atoms with Crippen LogP contribution in [-0.4, -0.2) is 28.3 Å². The highest BCUT2D eigenvalue weighted by molar-refractivity contribution is 8.00. The van der Waals surface area contributed by atoms with E-state index in [-0.39, 0.29) is 11.7 Å². The first-order valence-corrected chi connectivity index (χ1v) is 6.50. The minimum atomic E-state index is -0.281. The van der Waals surface area contributed by atoms with Crippen LogP contribution < -0.4 is 5.73 Å². The molecule has 0 bridgehead atoms. The lowest BCUT2D eigenvalue weighted by Crippen LogP contribution is -2.07. The second-order valence-corrected chi connectivity index (χ2v) is 4.46. The number of thioether (sulfide) groups is 1. The number of nitrogens with zero attached hydrogens (tertiary/aromatic N) is 2. The summed E-state index contributed by atoms with van der Waals surface area (Å²) in [5.74, 6) is 0.241. The average Bonchev–Trinajstić information content (AvgIpc) is 2.36. The van der Waals surface area contributed by atoms with Crippen LogP contribution in [0, 0.1) is 0 Å². The van der Waals surface area contributed by atoms with Crippen molar-refractivity contribution in [3.05, 3.63) is 24.3 Å². The minimum absolute atomic E-state index is 0.186. The fourth-order valence-corrected chi connectivity index (χ4v) is 2.13. The van der Waals surface area contributed by atoms with Gasteiger partial charge in [-0.05, 0) is 19.1 Å². The molecule has 5 nitrogen and oxygen atoms in total. The molecule has 1 aromatic heterocycles. The van der Waals surface area contributed by atoms with Gasteiger partial charge < -0.3 is 10.5 Å². The molecule has 0 radical (unpaired) electrons. The molecule has 0 saturated heterocycles. The number of ether oxygens (including phenoxy) is 1. The molecule has 2 rings (SSSR count). The van der Waals surface area contributed by atoms with Crippen molar-refractivity contribution in [1.82, 2.24) is 9.97 Å². The number of nitrogens with two attached hydrogens (primary N) is 1. The molecule has 0 aliphatic carbocycles. The summed E-state index contributed by atoms with van der Waals surface area (Å²) in [6, 6.07) is 7.46. The Hall–Kier alpha value is -1.82. The zero-order chi connectivity index (χ0) is 13.0. The number of rotatable bonds is 4. The smallest absolute Gasteiger partial charge is 0.316 e. The van der Waals surface area contributed by atoms with E-state index in [0.717, 1.165) is 11.0 Å². The molecule has 6 heteroatoms. The van der Waals surface area contributed by atoms with Gasteiger partial charge in [0.15, 0.2) is 5.82 Å². The van der Waals surface area contributed by atoms with Crippen molar-refractivity contribution in [2.24, 2.45) is 0 Å². The van der Waals surface area contributed by atoms with Gasteiger partial charge >= 0.3 is 5.97 Å². The molecule has 0 amide bonds. The predicted molar refractivity (Wildman–Crippen MR) is 71.3 cm³/mol. The molecular weight excluding hydrogens is 250 g/mol. The number of esters is 1. The summed E-state index contributed by atoms with van der Waals surface area (Å²) in [5, 5.41) is 0.557. The van der Waals surface area contributed by atoms with Gasteiger partial charge in [-0.15, -0.1) is 0 Å². The minimum Gasteiger partial charge on any atom is -0.465 e. The van der Waals surface area contributed by atoms with E-state index < -0.39 is 0 Å². The van der Waals surface area contributed by atoms with E-state index in [0.29, 0.717) is 17.5 Å².